The number of rotatable bonds is 4. The number of hydrogen-bond donors (Lipinski definition) is 1. The summed E-state index contributed by atoms with van der Waals surface area (Å²) in [4.78, 5) is 14.8. The third-order valence-corrected chi connectivity index (χ3v) is 4.13. The van der Waals surface area contributed by atoms with Crippen molar-refractivity contribution in [2.75, 3.05) is 20.1 Å². The predicted molar refractivity (Wildman–Crippen MR) is 82.4 cm³/mol. The second-order valence-corrected chi connectivity index (χ2v) is 6.19. The van der Waals surface area contributed by atoms with Gasteiger partial charge in [-0.1, -0.05) is 11.6 Å². The SMILES string of the molecule is CNCC1CCCCN1C(=O)c1cc(Cl)cn1C(C)C. The van der Waals surface area contributed by atoms with E-state index in [9.17, 15) is 4.79 Å². The minimum Gasteiger partial charge on any atom is -0.339 e. The molecule has 1 saturated heterocycles. The van der Waals surface area contributed by atoms with E-state index in [1.807, 2.05) is 22.7 Å². The summed E-state index contributed by atoms with van der Waals surface area (Å²) in [6.07, 6.45) is 5.20. The van der Waals surface area contributed by atoms with E-state index in [1.165, 1.54) is 6.42 Å². The maximum Gasteiger partial charge on any atom is 0.270 e. The van der Waals surface area contributed by atoms with E-state index in [0.29, 0.717) is 10.7 Å². The van der Waals surface area contributed by atoms with Crippen LogP contribution in [-0.2, 0) is 0 Å². The van der Waals surface area contributed by atoms with Gasteiger partial charge in [-0.3, -0.25) is 4.79 Å². The zero-order valence-corrected chi connectivity index (χ0v) is 13.3. The number of likely N-dealkylation sites (tertiary alicyclic amines) is 1. The molecule has 0 aliphatic carbocycles. The van der Waals surface area contributed by atoms with E-state index in [0.717, 1.165) is 25.9 Å². The normalized spacial score (nSPS) is 19.6. The number of carbonyl (C=O) groups is 1. The number of nitrogens with zero attached hydrogens (tertiary/aromatic N) is 2. The molecule has 1 fully saturated rings. The molecular formula is C15H24ClN3O. The van der Waals surface area contributed by atoms with E-state index >= 15 is 0 Å². The van der Waals surface area contributed by atoms with Crippen molar-refractivity contribution in [3.8, 4) is 0 Å². The van der Waals surface area contributed by atoms with Gasteiger partial charge in [-0.15, -0.1) is 0 Å². The van der Waals surface area contributed by atoms with Gasteiger partial charge >= 0.3 is 0 Å². The molecule has 2 heterocycles. The van der Waals surface area contributed by atoms with Crippen molar-refractivity contribution in [1.82, 2.24) is 14.8 Å². The van der Waals surface area contributed by atoms with Crippen molar-refractivity contribution in [3.05, 3.63) is 23.0 Å². The molecule has 1 aromatic heterocycles. The number of amides is 1. The molecule has 1 N–H and O–H groups in total. The predicted octanol–water partition coefficient (Wildman–Crippen LogP) is 2.94. The van der Waals surface area contributed by atoms with Crippen LogP contribution in [0.2, 0.25) is 5.02 Å². The minimum absolute atomic E-state index is 0.102. The minimum atomic E-state index is 0.102. The highest BCUT2D eigenvalue weighted by Crippen LogP contribution is 2.24. The van der Waals surface area contributed by atoms with Crippen molar-refractivity contribution in [2.24, 2.45) is 0 Å². The molecule has 0 bridgehead atoms. The fourth-order valence-corrected chi connectivity index (χ4v) is 3.12. The Morgan fingerprint density at radius 3 is 2.90 bits per heavy atom. The molecule has 1 unspecified atom stereocenters. The quantitative estimate of drug-likeness (QED) is 0.928. The van der Waals surface area contributed by atoms with Gasteiger partial charge in [0.15, 0.2) is 0 Å². The average Bonchev–Trinajstić information content (AvgIpc) is 2.81. The van der Waals surface area contributed by atoms with E-state index in [4.69, 9.17) is 11.6 Å². The first kappa shape index (κ1) is 15.4. The van der Waals surface area contributed by atoms with Crippen molar-refractivity contribution in [1.29, 1.82) is 0 Å². The van der Waals surface area contributed by atoms with Gasteiger partial charge in [0, 0.05) is 31.4 Å². The smallest absolute Gasteiger partial charge is 0.270 e. The van der Waals surface area contributed by atoms with Crippen LogP contribution in [-0.4, -0.2) is 41.6 Å². The molecule has 0 spiro atoms. The molecule has 4 nitrogen and oxygen atoms in total. The van der Waals surface area contributed by atoms with Crippen molar-refractivity contribution < 1.29 is 4.79 Å². The van der Waals surface area contributed by atoms with E-state index < -0.39 is 0 Å². The highest BCUT2D eigenvalue weighted by atomic mass is 35.5. The van der Waals surface area contributed by atoms with Crippen molar-refractivity contribution in [2.45, 2.75) is 45.2 Å². The molecule has 1 aromatic rings. The van der Waals surface area contributed by atoms with Crippen LogP contribution in [0.1, 0.15) is 49.6 Å². The summed E-state index contributed by atoms with van der Waals surface area (Å²) in [5.74, 6) is 0.102. The lowest BCUT2D eigenvalue weighted by atomic mass is 10.0. The molecule has 5 heteroatoms. The van der Waals surface area contributed by atoms with Gasteiger partial charge in [-0.05, 0) is 46.2 Å². The Kier molecular flexibility index (Phi) is 5.11. The maximum atomic E-state index is 12.8. The van der Waals surface area contributed by atoms with Crippen LogP contribution in [0.4, 0.5) is 0 Å². The monoisotopic (exact) mass is 297 g/mol. The molecular weight excluding hydrogens is 274 g/mol. The molecule has 20 heavy (non-hydrogen) atoms. The van der Waals surface area contributed by atoms with E-state index in [2.05, 4.69) is 19.2 Å². The number of nitrogens with one attached hydrogen (secondary N) is 1. The topological polar surface area (TPSA) is 37.3 Å². The van der Waals surface area contributed by atoms with Crippen LogP contribution in [0.5, 0.6) is 0 Å². The fraction of sp³-hybridized carbons (Fsp3) is 0.667. The average molecular weight is 298 g/mol. The Hall–Kier alpha value is -1.00. The third kappa shape index (κ3) is 3.18. The lowest BCUT2D eigenvalue weighted by Crippen LogP contribution is -2.48. The Bertz CT molecular complexity index is 468. The zero-order chi connectivity index (χ0) is 14.7. The van der Waals surface area contributed by atoms with Gasteiger partial charge in [0.25, 0.3) is 5.91 Å². The first-order valence-corrected chi connectivity index (χ1v) is 7.75. The lowest BCUT2D eigenvalue weighted by molar-refractivity contribution is 0.0602. The number of hydrogen-bond acceptors (Lipinski definition) is 2. The van der Waals surface area contributed by atoms with Gasteiger partial charge in [-0.25, -0.2) is 0 Å². The summed E-state index contributed by atoms with van der Waals surface area (Å²) in [5.41, 5.74) is 0.702. The molecule has 112 valence electrons. The fourth-order valence-electron chi connectivity index (χ4n) is 2.91. The summed E-state index contributed by atoms with van der Waals surface area (Å²) in [6, 6.07) is 2.30. The highest BCUT2D eigenvalue weighted by molar-refractivity contribution is 6.31. The summed E-state index contributed by atoms with van der Waals surface area (Å²) < 4.78 is 1.97. The number of carbonyl (C=O) groups excluding carboxylic acids is 1. The first-order valence-electron chi connectivity index (χ1n) is 7.37. The van der Waals surface area contributed by atoms with Gasteiger partial charge in [-0.2, -0.15) is 0 Å². The van der Waals surface area contributed by atoms with Crippen LogP contribution < -0.4 is 5.32 Å². The number of halogens is 1. The molecule has 0 radical (unpaired) electrons. The van der Waals surface area contributed by atoms with E-state index in [-0.39, 0.29) is 18.0 Å². The summed E-state index contributed by atoms with van der Waals surface area (Å²) >= 11 is 6.09. The molecule has 2 rings (SSSR count). The second kappa shape index (κ2) is 6.64. The number of piperidine rings is 1. The molecule has 1 amide bonds. The molecule has 0 aromatic carbocycles. The Labute approximate surface area is 126 Å². The standard InChI is InChI=1S/C15H24ClN3O/c1-11(2)19-10-12(16)8-14(19)15(20)18-7-5-4-6-13(18)9-17-3/h8,10-11,13,17H,4-7,9H2,1-3H3. The second-order valence-electron chi connectivity index (χ2n) is 5.75. The van der Waals surface area contributed by atoms with Crippen molar-refractivity contribution >= 4 is 17.5 Å². The van der Waals surface area contributed by atoms with Crippen LogP contribution in [0.3, 0.4) is 0 Å². The summed E-state index contributed by atoms with van der Waals surface area (Å²) in [5, 5.41) is 3.82. The molecule has 1 aliphatic rings. The Morgan fingerprint density at radius 2 is 2.25 bits per heavy atom. The lowest BCUT2D eigenvalue weighted by Gasteiger charge is -2.36. The van der Waals surface area contributed by atoms with Crippen LogP contribution in [0.25, 0.3) is 0 Å². The zero-order valence-electron chi connectivity index (χ0n) is 12.5. The number of aromatic nitrogens is 1. The molecule has 1 aliphatic heterocycles. The van der Waals surface area contributed by atoms with Gasteiger partial charge < -0.3 is 14.8 Å². The largest absolute Gasteiger partial charge is 0.339 e. The first-order chi connectivity index (χ1) is 9.54. The van der Waals surface area contributed by atoms with Crippen LogP contribution >= 0.6 is 11.6 Å². The highest BCUT2D eigenvalue weighted by Gasteiger charge is 2.29. The Balaban J connectivity index is 2.25. The molecule has 1 atom stereocenters. The van der Waals surface area contributed by atoms with Crippen LogP contribution in [0.15, 0.2) is 12.3 Å². The van der Waals surface area contributed by atoms with Gasteiger partial charge in [0.05, 0.1) is 5.02 Å². The summed E-state index contributed by atoms with van der Waals surface area (Å²) in [6.45, 7) is 5.82. The Morgan fingerprint density at radius 1 is 1.50 bits per heavy atom. The van der Waals surface area contributed by atoms with E-state index in [1.54, 1.807) is 6.07 Å². The third-order valence-electron chi connectivity index (χ3n) is 3.92. The summed E-state index contributed by atoms with van der Waals surface area (Å²) in [7, 11) is 1.94. The van der Waals surface area contributed by atoms with Gasteiger partial charge in [0.2, 0.25) is 0 Å². The molecule has 0 saturated carbocycles. The maximum absolute atomic E-state index is 12.8. The number of likely N-dealkylation sites (N-methyl/N-ethyl adjacent to an activating group) is 1. The van der Waals surface area contributed by atoms with Gasteiger partial charge in [0.1, 0.15) is 5.69 Å². The van der Waals surface area contributed by atoms with Crippen molar-refractivity contribution in [3.63, 3.8) is 0 Å². The van der Waals surface area contributed by atoms with Crippen LogP contribution in [0, 0.1) is 0 Å².